The van der Waals surface area contributed by atoms with E-state index in [2.05, 4.69) is 15.0 Å². The third kappa shape index (κ3) is 3.30. The lowest BCUT2D eigenvalue weighted by molar-refractivity contribution is -0.146. The molecule has 1 fully saturated rings. The first-order valence-corrected chi connectivity index (χ1v) is 7.74. The predicted octanol–water partition coefficient (Wildman–Crippen LogP) is 0.804. The lowest BCUT2D eigenvalue weighted by Gasteiger charge is -2.34. The summed E-state index contributed by atoms with van der Waals surface area (Å²) in [5, 5.41) is 13.6. The highest BCUT2D eigenvalue weighted by Crippen LogP contribution is 2.23. The molecule has 24 heavy (non-hydrogen) atoms. The Bertz CT molecular complexity index is 778. The van der Waals surface area contributed by atoms with Gasteiger partial charge in [0.15, 0.2) is 0 Å². The summed E-state index contributed by atoms with van der Waals surface area (Å²) >= 11 is 0. The monoisotopic (exact) mass is 329 g/mol. The van der Waals surface area contributed by atoms with Crippen molar-refractivity contribution in [2.45, 2.75) is 19.0 Å². The molecule has 0 bridgehead atoms. The number of hydrogen-bond donors (Lipinski definition) is 2. The number of carbonyl (C=O) groups excluding carboxylic acids is 2. The molecule has 1 saturated heterocycles. The number of para-hydroxylation sites is 1. The lowest BCUT2D eigenvalue weighted by atomic mass is 10.1. The van der Waals surface area contributed by atoms with Gasteiger partial charge in [-0.05, 0) is 12.1 Å². The van der Waals surface area contributed by atoms with E-state index in [1.807, 2.05) is 23.1 Å². The van der Waals surface area contributed by atoms with Crippen molar-refractivity contribution in [2.75, 3.05) is 20.2 Å². The Hall–Kier alpha value is -2.67. The number of methoxy groups -OCH3 is 1. The number of pyridine rings is 1. The van der Waals surface area contributed by atoms with Crippen LogP contribution >= 0.6 is 0 Å². The number of rotatable bonds is 4. The number of nitrogens with zero attached hydrogens (tertiary/aromatic N) is 2. The Morgan fingerprint density at radius 1 is 1.42 bits per heavy atom. The van der Waals surface area contributed by atoms with Crippen LogP contribution in [0.4, 0.5) is 0 Å². The number of carbonyl (C=O) groups is 2. The third-order valence-electron chi connectivity index (χ3n) is 4.15. The van der Waals surface area contributed by atoms with Crippen LogP contribution in [0.25, 0.3) is 10.9 Å². The molecule has 1 aromatic carbocycles. The van der Waals surface area contributed by atoms with E-state index in [0.717, 1.165) is 11.1 Å². The maximum absolute atomic E-state index is 12.1. The van der Waals surface area contributed by atoms with Crippen LogP contribution in [0.3, 0.4) is 0 Å². The van der Waals surface area contributed by atoms with Crippen molar-refractivity contribution in [1.29, 1.82) is 0 Å². The number of aromatic nitrogens is 1. The zero-order chi connectivity index (χ0) is 17.1. The lowest BCUT2D eigenvalue weighted by Crippen LogP contribution is -2.55. The van der Waals surface area contributed by atoms with E-state index in [0.29, 0.717) is 25.2 Å². The zero-order valence-electron chi connectivity index (χ0n) is 13.4. The summed E-state index contributed by atoms with van der Waals surface area (Å²) in [6.07, 6.45) is 0.00116. The predicted molar refractivity (Wildman–Crippen MR) is 87.2 cm³/mol. The van der Waals surface area contributed by atoms with E-state index in [9.17, 15) is 14.7 Å². The van der Waals surface area contributed by atoms with Crippen LogP contribution in [0.2, 0.25) is 0 Å². The standard InChI is InChI=1S/C17H19N3O4/c1-24-15(22)9-13-17(23)18-7-8-20(13)10-12-6-5-11-3-2-4-14(21)16(11)19-12/h2-6,13,21H,7-10H2,1H3,(H,18,23)/t13-/m0/s1. The van der Waals surface area contributed by atoms with Gasteiger partial charge in [-0.3, -0.25) is 14.5 Å². The minimum absolute atomic E-state index is 0.00116. The Morgan fingerprint density at radius 2 is 2.25 bits per heavy atom. The second kappa shape index (κ2) is 6.84. The molecule has 0 spiro atoms. The second-order valence-corrected chi connectivity index (χ2v) is 5.71. The Balaban J connectivity index is 1.83. The molecule has 1 amide bonds. The van der Waals surface area contributed by atoms with Crippen molar-refractivity contribution >= 4 is 22.8 Å². The van der Waals surface area contributed by atoms with Crippen LogP contribution < -0.4 is 5.32 Å². The quantitative estimate of drug-likeness (QED) is 0.807. The normalized spacial score (nSPS) is 18.4. The summed E-state index contributed by atoms with van der Waals surface area (Å²) in [6, 6.07) is 8.40. The van der Waals surface area contributed by atoms with Crippen LogP contribution in [0, 0.1) is 0 Å². The van der Waals surface area contributed by atoms with Crippen molar-refractivity contribution in [3.05, 3.63) is 36.0 Å². The maximum atomic E-state index is 12.1. The number of esters is 1. The molecular weight excluding hydrogens is 310 g/mol. The molecule has 2 heterocycles. The number of piperazine rings is 1. The van der Waals surface area contributed by atoms with Crippen molar-refractivity contribution < 1.29 is 19.4 Å². The van der Waals surface area contributed by atoms with Gasteiger partial charge in [-0.15, -0.1) is 0 Å². The minimum atomic E-state index is -0.576. The summed E-state index contributed by atoms with van der Waals surface area (Å²) in [5.41, 5.74) is 1.26. The molecule has 2 aromatic rings. The van der Waals surface area contributed by atoms with Crippen LogP contribution in [0.1, 0.15) is 12.1 Å². The largest absolute Gasteiger partial charge is 0.506 e. The summed E-state index contributed by atoms with van der Waals surface area (Å²) in [5.74, 6) is -0.488. The number of benzene rings is 1. The Morgan fingerprint density at radius 3 is 3.04 bits per heavy atom. The number of fused-ring (bicyclic) bond motifs is 1. The van der Waals surface area contributed by atoms with E-state index in [1.165, 1.54) is 7.11 Å². The first kappa shape index (κ1) is 16.2. The van der Waals surface area contributed by atoms with E-state index >= 15 is 0 Å². The summed E-state index contributed by atoms with van der Waals surface area (Å²) in [6.45, 7) is 1.56. The molecule has 2 N–H and O–H groups in total. The number of ether oxygens (including phenoxy) is 1. The average molecular weight is 329 g/mol. The van der Waals surface area contributed by atoms with E-state index in [4.69, 9.17) is 0 Å². The number of hydrogen-bond acceptors (Lipinski definition) is 6. The molecule has 1 atom stereocenters. The van der Waals surface area contributed by atoms with Gasteiger partial charge < -0.3 is 15.2 Å². The number of nitrogens with one attached hydrogen (secondary N) is 1. The molecule has 7 heteroatoms. The minimum Gasteiger partial charge on any atom is -0.506 e. The zero-order valence-corrected chi connectivity index (χ0v) is 13.4. The maximum Gasteiger partial charge on any atom is 0.307 e. The summed E-state index contributed by atoms with van der Waals surface area (Å²) in [4.78, 5) is 30.1. The number of phenols is 1. The number of aromatic hydroxyl groups is 1. The second-order valence-electron chi connectivity index (χ2n) is 5.71. The van der Waals surface area contributed by atoms with Crippen molar-refractivity contribution in [3.63, 3.8) is 0 Å². The Kier molecular flexibility index (Phi) is 4.61. The van der Waals surface area contributed by atoms with E-state index < -0.39 is 12.0 Å². The van der Waals surface area contributed by atoms with Crippen LogP contribution in [0.15, 0.2) is 30.3 Å². The molecule has 0 unspecified atom stereocenters. The van der Waals surface area contributed by atoms with Crippen LogP contribution in [-0.4, -0.2) is 53.1 Å². The van der Waals surface area contributed by atoms with Gasteiger partial charge >= 0.3 is 5.97 Å². The van der Waals surface area contributed by atoms with Crippen molar-refractivity contribution in [1.82, 2.24) is 15.2 Å². The van der Waals surface area contributed by atoms with Crippen LogP contribution in [-0.2, 0) is 20.9 Å². The fraction of sp³-hybridized carbons (Fsp3) is 0.353. The SMILES string of the molecule is COC(=O)C[C@H]1C(=O)NCCN1Cc1ccc2cccc(O)c2n1. The number of amides is 1. The molecule has 7 nitrogen and oxygen atoms in total. The van der Waals surface area contributed by atoms with Crippen LogP contribution in [0.5, 0.6) is 5.75 Å². The molecular formula is C17H19N3O4. The fourth-order valence-corrected chi connectivity index (χ4v) is 2.88. The molecule has 1 aromatic heterocycles. The summed E-state index contributed by atoms with van der Waals surface area (Å²) in [7, 11) is 1.31. The van der Waals surface area contributed by atoms with Crippen molar-refractivity contribution in [2.24, 2.45) is 0 Å². The summed E-state index contributed by atoms with van der Waals surface area (Å²) < 4.78 is 4.68. The van der Waals surface area contributed by atoms with E-state index in [1.54, 1.807) is 12.1 Å². The molecule has 1 aliphatic heterocycles. The topological polar surface area (TPSA) is 91.8 Å². The van der Waals surface area contributed by atoms with Gasteiger partial charge in [0, 0.05) is 25.0 Å². The first-order chi connectivity index (χ1) is 11.6. The third-order valence-corrected chi connectivity index (χ3v) is 4.15. The van der Waals surface area contributed by atoms with Gasteiger partial charge in [0.1, 0.15) is 17.3 Å². The Labute approximate surface area is 139 Å². The van der Waals surface area contributed by atoms with E-state index in [-0.39, 0.29) is 18.1 Å². The molecule has 0 aliphatic carbocycles. The highest BCUT2D eigenvalue weighted by Gasteiger charge is 2.32. The average Bonchev–Trinajstić information content (AvgIpc) is 2.58. The van der Waals surface area contributed by atoms with Gasteiger partial charge in [-0.25, -0.2) is 4.98 Å². The fourth-order valence-electron chi connectivity index (χ4n) is 2.88. The number of phenolic OH excluding ortho intramolecular Hbond substituents is 1. The highest BCUT2D eigenvalue weighted by atomic mass is 16.5. The van der Waals surface area contributed by atoms with Gasteiger partial charge in [-0.1, -0.05) is 18.2 Å². The smallest absolute Gasteiger partial charge is 0.307 e. The molecule has 0 saturated carbocycles. The molecule has 1 aliphatic rings. The molecule has 0 radical (unpaired) electrons. The molecule has 3 rings (SSSR count). The molecule has 126 valence electrons. The van der Waals surface area contributed by atoms with Gasteiger partial charge in [0.2, 0.25) is 5.91 Å². The van der Waals surface area contributed by atoms with Gasteiger partial charge in [-0.2, -0.15) is 0 Å². The van der Waals surface area contributed by atoms with Crippen molar-refractivity contribution in [3.8, 4) is 5.75 Å². The van der Waals surface area contributed by atoms with Gasteiger partial charge in [0.05, 0.1) is 19.2 Å². The highest BCUT2D eigenvalue weighted by molar-refractivity contribution is 5.87. The van der Waals surface area contributed by atoms with Gasteiger partial charge in [0.25, 0.3) is 0 Å². The first-order valence-electron chi connectivity index (χ1n) is 7.74.